The molecule has 30 heavy (non-hydrogen) atoms. The van der Waals surface area contributed by atoms with E-state index < -0.39 is 5.97 Å². The molecule has 0 saturated carbocycles. The molecular weight excluding hydrogens is 384 g/mol. The SMILES string of the molecule is COCC(=O)Nc1c(C(=O)OC)n(C)c2ncc(NCc3cc(C)cc(C)c3)cc12. The van der Waals surface area contributed by atoms with Crippen molar-refractivity contribution in [1.82, 2.24) is 9.55 Å². The maximum Gasteiger partial charge on any atom is 0.356 e. The van der Waals surface area contributed by atoms with Crippen LogP contribution < -0.4 is 10.6 Å². The second-order valence-electron chi connectivity index (χ2n) is 7.20. The van der Waals surface area contributed by atoms with E-state index in [0.29, 0.717) is 23.3 Å². The largest absolute Gasteiger partial charge is 0.464 e. The van der Waals surface area contributed by atoms with Crippen LogP contribution >= 0.6 is 0 Å². The van der Waals surface area contributed by atoms with Gasteiger partial charge >= 0.3 is 5.97 Å². The van der Waals surface area contributed by atoms with Crippen molar-refractivity contribution in [3.63, 3.8) is 0 Å². The number of hydrogen-bond donors (Lipinski definition) is 2. The lowest BCUT2D eigenvalue weighted by atomic mass is 10.1. The minimum absolute atomic E-state index is 0.130. The highest BCUT2D eigenvalue weighted by Gasteiger charge is 2.24. The third kappa shape index (κ3) is 4.44. The first-order valence-electron chi connectivity index (χ1n) is 9.50. The van der Waals surface area contributed by atoms with E-state index >= 15 is 0 Å². The maximum absolute atomic E-state index is 12.4. The molecule has 1 aromatic carbocycles. The van der Waals surface area contributed by atoms with Crippen LogP contribution in [0.2, 0.25) is 0 Å². The van der Waals surface area contributed by atoms with Crippen LogP contribution in [0.4, 0.5) is 11.4 Å². The average Bonchev–Trinajstić information content (AvgIpc) is 2.96. The van der Waals surface area contributed by atoms with Crippen LogP contribution in [0, 0.1) is 13.8 Å². The summed E-state index contributed by atoms with van der Waals surface area (Å²) in [5.41, 5.74) is 5.46. The van der Waals surface area contributed by atoms with Crippen molar-refractivity contribution in [2.75, 3.05) is 31.5 Å². The minimum atomic E-state index is -0.562. The van der Waals surface area contributed by atoms with Gasteiger partial charge in [0.05, 0.1) is 24.7 Å². The molecule has 8 heteroatoms. The van der Waals surface area contributed by atoms with Crippen LogP contribution in [0.3, 0.4) is 0 Å². The van der Waals surface area contributed by atoms with Crippen LogP contribution in [0.5, 0.6) is 0 Å². The third-order valence-corrected chi connectivity index (χ3v) is 4.72. The van der Waals surface area contributed by atoms with Gasteiger partial charge in [-0.2, -0.15) is 0 Å². The highest BCUT2D eigenvalue weighted by Crippen LogP contribution is 2.31. The lowest BCUT2D eigenvalue weighted by molar-refractivity contribution is -0.119. The number of aromatic nitrogens is 2. The molecule has 2 N–H and O–H groups in total. The molecule has 0 radical (unpaired) electrons. The van der Waals surface area contributed by atoms with Crippen LogP contribution in [0.15, 0.2) is 30.5 Å². The molecule has 1 amide bonds. The number of rotatable bonds is 7. The Labute approximate surface area is 175 Å². The van der Waals surface area contributed by atoms with E-state index in [1.165, 1.54) is 25.3 Å². The molecule has 158 valence electrons. The summed E-state index contributed by atoms with van der Waals surface area (Å²) in [7, 11) is 4.43. The monoisotopic (exact) mass is 410 g/mol. The molecule has 0 atom stereocenters. The van der Waals surface area contributed by atoms with Crippen molar-refractivity contribution < 1.29 is 19.1 Å². The number of benzene rings is 1. The summed E-state index contributed by atoms with van der Waals surface area (Å²) in [5, 5.41) is 6.75. The predicted octanol–water partition coefficient (Wildman–Crippen LogP) is 3.17. The smallest absolute Gasteiger partial charge is 0.356 e. The number of hydrogen-bond acceptors (Lipinski definition) is 6. The summed E-state index contributed by atoms with van der Waals surface area (Å²) >= 11 is 0. The van der Waals surface area contributed by atoms with Crippen LogP contribution in [-0.2, 0) is 27.9 Å². The van der Waals surface area contributed by atoms with Gasteiger partial charge in [-0.3, -0.25) is 4.79 Å². The van der Waals surface area contributed by atoms with E-state index in [9.17, 15) is 9.59 Å². The number of nitrogens with zero attached hydrogens (tertiary/aromatic N) is 2. The van der Waals surface area contributed by atoms with Gasteiger partial charge in [0, 0.05) is 26.1 Å². The molecule has 2 aromatic heterocycles. The summed E-state index contributed by atoms with van der Waals surface area (Å²) in [6.07, 6.45) is 1.70. The Kier molecular flexibility index (Phi) is 6.37. The fourth-order valence-electron chi connectivity index (χ4n) is 3.55. The highest BCUT2D eigenvalue weighted by molar-refractivity contribution is 6.11. The Morgan fingerprint density at radius 3 is 2.43 bits per heavy atom. The molecule has 0 spiro atoms. The summed E-state index contributed by atoms with van der Waals surface area (Å²) in [5.74, 6) is -0.934. The number of fused-ring (bicyclic) bond motifs is 1. The second-order valence-corrected chi connectivity index (χ2v) is 7.20. The van der Waals surface area contributed by atoms with E-state index in [2.05, 4.69) is 47.7 Å². The Morgan fingerprint density at radius 2 is 1.80 bits per heavy atom. The minimum Gasteiger partial charge on any atom is -0.464 e. The van der Waals surface area contributed by atoms with E-state index in [0.717, 1.165) is 11.3 Å². The summed E-state index contributed by atoms with van der Waals surface area (Å²) < 4.78 is 11.4. The van der Waals surface area contributed by atoms with Crippen molar-refractivity contribution in [1.29, 1.82) is 0 Å². The van der Waals surface area contributed by atoms with Gasteiger partial charge in [-0.15, -0.1) is 0 Å². The molecule has 3 aromatic rings. The van der Waals surface area contributed by atoms with Crippen LogP contribution in [-0.4, -0.2) is 42.3 Å². The molecule has 8 nitrogen and oxygen atoms in total. The number of carbonyl (C=O) groups is 2. The first-order valence-corrected chi connectivity index (χ1v) is 9.50. The number of anilines is 2. The van der Waals surface area contributed by atoms with E-state index in [4.69, 9.17) is 9.47 Å². The second kappa shape index (κ2) is 8.96. The molecule has 0 aliphatic heterocycles. The van der Waals surface area contributed by atoms with Crippen molar-refractivity contribution in [2.24, 2.45) is 7.05 Å². The van der Waals surface area contributed by atoms with E-state index in [-0.39, 0.29) is 18.2 Å². The molecular formula is C22H26N4O4. The predicted molar refractivity (Wildman–Crippen MR) is 116 cm³/mol. The fraction of sp³-hybridized carbons (Fsp3) is 0.318. The molecule has 2 heterocycles. The maximum atomic E-state index is 12.4. The Bertz CT molecular complexity index is 1080. The molecule has 0 aliphatic carbocycles. The summed E-state index contributed by atoms with van der Waals surface area (Å²) in [4.78, 5) is 29.0. The number of carbonyl (C=O) groups excluding carboxylic acids is 2. The Hall–Kier alpha value is -3.39. The number of methoxy groups -OCH3 is 2. The van der Waals surface area contributed by atoms with Crippen LogP contribution in [0.1, 0.15) is 27.2 Å². The van der Waals surface area contributed by atoms with Crippen molar-refractivity contribution in [3.05, 3.63) is 52.8 Å². The van der Waals surface area contributed by atoms with Gasteiger partial charge in [0.2, 0.25) is 5.91 Å². The van der Waals surface area contributed by atoms with E-state index in [1.54, 1.807) is 17.8 Å². The van der Waals surface area contributed by atoms with Gasteiger partial charge in [0.1, 0.15) is 12.3 Å². The first kappa shape index (κ1) is 21.3. The van der Waals surface area contributed by atoms with Gasteiger partial charge in [-0.1, -0.05) is 29.3 Å². The number of aryl methyl sites for hydroxylation is 3. The Morgan fingerprint density at radius 1 is 1.10 bits per heavy atom. The molecule has 3 rings (SSSR count). The zero-order valence-electron chi connectivity index (χ0n) is 17.8. The lowest BCUT2D eigenvalue weighted by Crippen LogP contribution is -2.19. The number of pyridine rings is 1. The topological polar surface area (TPSA) is 94.5 Å². The number of amides is 1. The van der Waals surface area contributed by atoms with E-state index in [1.807, 2.05) is 6.07 Å². The molecule has 0 unspecified atom stereocenters. The van der Waals surface area contributed by atoms with Crippen molar-refractivity contribution >= 4 is 34.3 Å². The fourth-order valence-corrected chi connectivity index (χ4v) is 3.55. The molecule has 0 aliphatic rings. The number of esters is 1. The zero-order chi connectivity index (χ0) is 21.8. The first-order chi connectivity index (χ1) is 14.3. The normalized spacial score (nSPS) is 10.8. The third-order valence-electron chi connectivity index (χ3n) is 4.72. The van der Waals surface area contributed by atoms with Gasteiger partial charge in [-0.05, 0) is 25.5 Å². The summed E-state index contributed by atoms with van der Waals surface area (Å²) in [6.45, 7) is 4.63. The number of nitrogens with one attached hydrogen (secondary N) is 2. The van der Waals surface area contributed by atoms with Crippen molar-refractivity contribution in [2.45, 2.75) is 20.4 Å². The standard InChI is InChI=1S/C22H26N4O4/c1-13-6-14(2)8-15(7-13)10-23-16-9-17-19(25-18(27)12-29-4)20(22(28)30-5)26(3)21(17)24-11-16/h6-9,11,23H,10,12H2,1-5H3,(H,25,27). The zero-order valence-corrected chi connectivity index (χ0v) is 17.8. The van der Waals surface area contributed by atoms with Gasteiger partial charge < -0.3 is 24.7 Å². The van der Waals surface area contributed by atoms with Gasteiger partial charge in [0.15, 0.2) is 5.69 Å². The lowest BCUT2D eigenvalue weighted by Gasteiger charge is -2.09. The molecule has 0 saturated heterocycles. The van der Waals surface area contributed by atoms with Crippen LogP contribution in [0.25, 0.3) is 11.0 Å². The molecule has 0 bridgehead atoms. The summed E-state index contributed by atoms with van der Waals surface area (Å²) in [6, 6.07) is 8.24. The van der Waals surface area contributed by atoms with Crippen molar-refractivity contribution in [3.8, 4) is 0 Å². The number of ether oxygens (including phenoxy) is 2. The molecule has 0 fully saturated rings. The quantitative estimate of drug-likeness (QED) is 0.581. The van der Waals surface area contributed by atoms with Gasteiger partial charge in [0.25, 0.3) is 0 Å². The average molecular weight is 410 g/mol. The Balaban J connectivity index is 1.98. The highest BCUT2D eigenvalue weighted by atomic mass is 16.5. The van der Waals surface area contributed by atoms with Gasteiger partial charge in [-0.25, -0.2) is 9.78 Å².